The molecule has 1 N–H and O–H groups in total. The quantitative estimate of drug-likeness (QED) is 0.644. The molecule has 1 aliphatic rings. The lowest BCUT2D eigenvalue weighted by molar-refractivity contribution is -0.123. The van der Waals surface area contributed by atoms with Crippen LogP contribution in [0.15, 0.2) is 71.7 Å². The molecule has 6 heteroatoms. The van der Waals surface area contributed by atoms with E-state index in [1.165, 1.54) is 17.0 Å². The van der Waals surface area contributed by atoms with E-state index in [2.05, 4.69) is 11.4 Å². The van der Waals surface area contributed by atoms with Gasteiger partial charge in [-0.05, 0) is 54.8 Å². The highest BCUT2D eigenvalue weighted by Gasteiger charge is 2.27. The van der Waals surface area contributed by atoms with Crippen LogP contribution in [0.3, 0.4) is 0 Å². The Morgan fingerprint density at radius 3 is 2.56 bits per heavy atom. The molecule has 0 atom stereocenters. The fourth-order valence-electron chi connectivity index (χ4n) is 3.81. The van der Waals surface area contributed by atoms with Gasteiger partial charge in [0, 0.05) is 6.54 Å². The Bertz CT molecular complexity index is 1200. The number of rotatable bonds is 5. The molecule has 0 aromatic heterocycles. The molecule has 3 aromatic carbocycles. The molecule has 0 saturated carbocycles. The van der Waals surface area contributed by atoms with Gasteiger partial charge in [0.1, 0.15) is 12.4 Å². The second-order valence-corrected chi connectivity index (χ2v) is 7.93. The molecule has 0 spiro atoms. The van der Waals surface area contributed by atoms with E-state index in [4.69, 9.17) is 4.99 Å². The summed E-state index contributed by atoms with van der Waals surface area (Å²) in [6.45, 7) is 4.17. The Morgan fingerprint density at radius 2 is 1.81 bits per heavy atom. The zero-order chi connectivity index (χ0) is 22.7. The standard InChI is InChI=1S/C26H24FN3O2/c1-17-7-12-21(18(2)13-17)23-14-26(32)30(24-6-4-3-5-22(24)29-23)16-25(31)28-15-19-8-10-20(27)11-9-19/h3-13H,14-16H2,1-2H3,(H,28,31). The second kappa shape index (κ2) is 9.14. The lowest BCUT2D eigenvalue weighted by atomic mass is 9.99. The maximum Gasteiger partial charge on any atom is 0.240 e. The molecule has 0 aliphatic carbocycles. The lowest BCUT2D eigenvalue weighted by Gasteiger charge is -2.22. The first-order chi connectivity index (χ1) is 15.4. The number of halogens is 1. The Morgan fingerprint density at radius 1 is 1.06 bits per heavy atom. The zero-order valence-corrected chi connectivity index (χ0v) is 18.1. The van der Waals surface area contributed by atoms with E-state index in [0.29, 0.717) is 17.1 Å². The van der Waals surface area contributed by atoms with Crippen LogP contribution >= 0.6 is 0 Å². The molecule has 0 fully saturated rings. The smallest absolute Gasteiger partial charge is 0.240 e. The largest absolute Gasteiger partial charge is 0.350 e. The van der Waals surface area contributed by atoms with Gasteiger partial charge in [0.25, 0.3) is 0 Å². The van der Waals surface area contributed by atoms with E-state index in [1.54, 1.807) is 18.2 Å². The first-order valence-corrected chi connectivity index (χ1v) is 10.5. The lowest BCUT2D eigenvalue weighted by Crippen LogP contribution is -2.41. The Balaban J connectivity index is 1.55. The highest BCUT2D eigenvalue weighted by Crippen LogP contribution is 2.33. The van der Waals surface area contributed by atoms with Crippen LogP contribution in [-0.4, -0.2) is 24.1 Å². The van der Waals surface area contributed by atoms with Crippen LogP contribution in [0, 0.1) is 19.7 Å². The van der Waals surface area contributed by atoms with Crippen molar-refractivity contribution in [2.24, 2.45) is 4.99 Å². The monoisotopic (exact) mass is 429 g/mol. The van der Waals surface area contributed by atoms with Gasteiger partial charge in [0.15, 0.2) is 0 Å². The topological polar surface area (TPSA) is 61.8 Å². The number of hydrogen-bond acceptors (Lipinski definition) is 3. The van der Waals surface area contributed by atoms with Gasteiger partial charge in [-0.15, -0.1) is 0 Å². The Hall–Kier alpha value is -3.80. The van der Waals surface area contributed by atoms with Gasteiger partial charge in [-0.2, -0.15) is 0 Å². The van der Waals surface area contributed by atoms with Gasteiger partial charge in [-0.25, -0.2) is 4.39 Å². The minimum absolute atomic E-state index is 0.101. The molecule has 1 aliphatic heterocycles. The van der Waals surface area contributed by atoms with Gasteiger partial charge in [-0.3, -0.25) is 14.6 Å². The summed E-state index contributed by atoms with van der Waals surface area (Å²) in [4.78, 5) is 32.1. The van der Waals surface area contributed by atoms with Crippen LogP contribution in [0.4, 0.5) is 15.8 Å². The summed E-state index contributed by atoms with van der Waals surface area (Å²) in [6.07, 6.45) is 0.101. The van der Waals surface area contributed by atoms with Crippen molar-refractivity contribution in [2.75, 3.05) is 11.4 Å². The van der Waals surface area contributed by atoms with Gasteiger partial charge in [0.05, 0.1) is 23.5 Å². The second-order valence-electron chi connectivity index (χ2n) is 7.93. The molecular formula is C26H24FN3O2. The van der Waals surface area contributed by atoms with Crippen LogP contribution in [0.2, 0.25) is 0 Å². The Labute approximate surface area is 186 Å². The number of aliphatic imine (C=N–C) groups is 1. The Kier molecular flexibility index (Phi) is 6.12. The number of carbonyl (C=O) groups is 2. The number of fused-ring (bicyclic) bond motifs is 1. The molecule has 0 bridgehead atoms. The summed E-state index contributed by atoms with van der Waals surface area (Å²) >= 11 is 0. The number of amides is 2. The minimum atomic E-state index is -0.327. The van der Waals surface area contributed by atoms with Crippen molar-refractivity contribution in [3.8, 4) is 0 Å². The molecule has 3 aromatic rings. The summed E-state index contributed by atoms with van der Waals surface area (Å²) in [7, 11) is 0. The number of nitrogens with zero attached hydrogens (tertiary/aromatic N) is 2. The van der Waals surface area contributed by atoms with Crippen LogP contribution in [0.1, 0.15) is 28.7 Å². The number of carbonyl (C=O) groups excluding carboxylic acids is 2. The van der Waals surface area contributed by atoms with Crippen molar-refractivity contribution >= 4 is 28.9 Å². The SMILES string of the molecule is Cc1ccc(C2=Nc3ccccc3N(CC(=O)NCc3ccc(F)cc3)C(=O)C2)c(C)c1. The van der Waals surface area contributed by atoms with E-state index in [0.717, 1.165) is 22.3 Å². The number of hydrogen-bond donors (Lipinski definition) is 1. The molecule has 162 valence electrons. The van der Waals surface area contributed by atoms with Gasteiger partial charge in [-0.1, -0.05) is 48.0 Å². The molecule has 0 saturated heterocycles. The van der Waals surface area contributed by atoms with Crippen LogP contribution < -0.4 is 10.2 Å². The third-order valence-electron chi connectivity index (χ3n) is 5.45. The summed E-state index contributed by atoms with van der Waals surface area (Å²) in [5.41, 5.74) is 5.86. The van der Waals surface area contributed by atoms with Crippen molar-refractivity contribution in [3.05, 3.63) is 94.8 Å². The number of anilines is 1. The third-order valence-corrected chi connectivity index (χ3v) is 5.45. The summed E-state index contributed by atoms with van der Waals surface area (Å²) < 4.78 is 13.1. The van der Waals surface area contributed by atoms with Crippen LogP contribution in [0.25, 0.3) is 0 Å². The molecule has 0 unspecified atom stereocenters. The normalized spacial score (nSPS) is 13.3. The van der Waals surface area contributed by atoms with E-state index < -0.39 is 0 Å². The average molecular weight is 429 g/mol. The molecular weight excluding hydrogens is 405 g/mol. The first kappa shape index (κ1) is 21.4. The summed E-state index contributed by atoms with van der Waals surface area (Å²) in [5, 5.41) is 2.80. The van der Waals surface area contributed by atoms with Crippen molar-refractivity contribution < 1.29 is 14.0 Å². The van der Waals surface area contributed by atoms with Crippen LogP contribution in [-0.2, 0) is 16.1 Å². The average Bonchev–Trinajstić information content (AvgIpc) is 2.90. The predicted octanol–water partition coefficient (Wildman–Crippen LogP) is 4.62. The first-order valence-electron chi connectivity index (χ1n) is 10.5. The molecule has 1 heterocycles. The highest BCUT2D eigenvalue weighted by atomic mass is 19.1. The number of benzene rings is 3. The van der Waals surface area contributed by atoms with E-state index in [9.17, 15) is 14.0 Å². The fourth-order valence-corrected chi connectivity index (χ4v) is 3.81. The molecule has 0 radical (unpaired) electrons. The van der Waals surface area contributed by atoms with Crippen molar-refractivity contribution in [1.29, 1.82) is 0 Å². The number of aryl methyl sites for hydroxylation is 2. The van der Waals surface area contributed by atoms with Crippen molar-refractivity contribution in [1.82, 2.24) is 5.32 Å². The number of para-hydroxylation sites is 2. The molecule has 5 nitrogen and oxygen atoms in total. The maximum absolute atomic E-state index is 13.2. The summed E-state index contributed by atoms with van der Waals surface area (Å²) in [5.74, 6) is -0.815. The molecule has 2 amide bonds. The van der Waals surface area contributed by atoms with Crippen molar-refractivity contribution in [3.63, 3.8) is 0 Å². The van der Waals surface area contributed by atoms with Gasteiger partial charge >= 0.3 is 0 Å². The molecule has 4 rings (SSSR count). The van der Waals surface area contributed by atoms with Gasteiger partial charge < -0.3 is 10.2 Å². The molecule has 32 heavy (non-hydrogen) atoms. The predicted molar refractivity (Wildman–Crippen MR) is 124 cm³/mol. The minimum Gasteiger partial charge on any atom is -0.350 e. The maximum atomic E-state index is 13.2. The fraction of sp³-hybridized carbons (Fsp3) is 0.192. The number of nitrogens with one attached hydrogen (secondary N) is 1. The van der Waals surface area contributed by atoms with Crippen molar-refractivity contribution in [2.45, 2.75) is 26.8 Å². The zero-order valence-electron chi connectivity index (χ0n) is 18.1. The van der Waals surface area contributed by atoms with E-state index in [-0.39, 0.29) is 37.1 Å². The van der Waals surface area contributed by atoms with E-state index in [1.807, 2.05) is 44.2 Å². The third kappa shape index (κ3) is 4.75. The van der Waals surface area contributed by atoms with Gasteiger partial charge in [0.2, 0.25) is 11.8 Å². The van der Waals surface area contributed by atoms with Crippen LogP contribution in [0.5, 0.6) is 0 Å². The summed E-state index contributed by atoms with van der Waals surface area (Å²) in [6, 6.07) is 19.3. The highest BCUT2D eigenvalue weighted by molar-refractivity contribution is 6.19. The van der Waals surface area contributed by atoms with E-state index >= 15 is 0 Å².